The third kappa shape index (κ3) is 2.78. The van der Waals surface area contributed by atoms with E-state index in [-0.39, 0.29) is 0 Å². The molecular formula is C13H18O4. The normalized spacial score (nSPS) is 13.9. The van der Waals surface area contributed by atoms with E-state index in [1.807, 2.05) is 0 Å². The van der Waals surface area contributed by atoms with Crippen LogP contribution in [0.15, 0.2) is 24.8 Å². The third-order valence-electron chi connectivity index (χ3n) is 2.57. The molecule has 2 N–H and O–H groups in total. The lowest BCUT2D eigenvalue weighted by Crippen LogP contribution is -2.03. The Balaban J connectivity index is 3.37. The molecule has 0 fully saturated rings. The van der Waals surface area contributed by atoms with Crippen molar-refractivity contribution in [3.8, 4) is 11.5 Å². The monoisotopic (exact) mass is 238 g/mol. The maximum absolute atomic E-state index is 9.77. The topological polar surface area (TPSA) is 58.9 Å². The molecule has 0 saturated heterocycles. The number of rotatable bonds is 5. The molecule has 1 rings (SSSR count). The summed E-state index contributed by atoms with van der Waals surface area (Å²) in [6.45, 7) is 5.17. The fourth-order valence-corrected chi connectivity index (χ4v) is 1.63. The Bertz CT molecular complexity index is 399. The predicted molar refractivity (Wildman–Crippen MR) is 65.3 cm³/mol. The van der Waals surface area contributed by atoms with Gasteiger partial charge in [-0.05, 0) is 19.1 Å². The highest BCUT2D eigenvalue weighted by atomic mass is 16.5. The maximum Gasteiger partial charge on any atom is 0.125 e. The molecule has 0 aliphatic heterocycles. The van der Waals surface area contributed by atoms with E-state index in [1.165, 1.54) is 20.3 Å². The number of methoxy groups -OCH3 is 2. The molecule has 4 nitrogen and oxygen atoms in total. The molecule has 2 atom stereocenters. The second-order valence-electron chi connectivity index (χ2n) is 3.69. The van der Waals surface area contributed by atoms with E-state index in [9.17, 15) is 10.2 Å². The van der Waals surface area contributed by atoms with E-state index in [4.69, 9.17) is 9.47 Å². The van der Waals surface area contributed by atoms with Crippen LogP contribution in [0.2, 0.25) is 0 Å². The first kappa shape index (κ1) is 13.5. The number of aliphatic hydroxyl groups is 2. The molecule has 0 aliphatic rings. The Morgan fingerprint density at radius 2 is 1.59 bits per heavy atom. The summed E-state index contributed by atoms with van der Waals surface area (Å²) in [6.07, 6.45) is -0.102. The lowest BCUT2D eigenvalue weighted by molar-refractivity contribution is 0.192. The first-order valence-electron chi connectivity index (χ1n) is 5.29. The van der Waals surface area contributed by atoms with Crippen LogP contribution < -0.4 is 9.47 Å². The van der Waals surface area contributed by atoms with E-state index >= 15 is 0 Å². The SMILES string of the molecule is C=CC(O)c1cc(OC)c(C(C)O)cc1OC. The van der Waals surface area contributed by atoms with Gasteiger partial charge in [0.05, 0.1) is 20.3 Å². The van der Waals surface area contributed by atoms with Gasteiger partial charge in [0.25, 0.3) is 0 Å². The van der Waals surface area contributed by atoms with Crippen LogP contribution in [0.5, 0.6) is 11.5 Å². The molecule has 0 aliphatic carbocycles. The Hall–Kier alpha value is -1.52. The second-order valence-corrected chi connectivity index (χ2v) is 3.69. The first-order chi connectivity index (χ1) is 8.04. The van der Waals surface area contributed by atoms with Crippen molar-refractivity contribution in [3.63, 3.8) is 0 Å². The van der Waals surface area contributed by atoms with Crippen molar-refractivity contribution in [1.29, 1.82) is 0 Å². The number of hydrogen-bond acceptors (Lipinski definition) is 4. The zero-order chi connectivity index (χ0) is 13.0. The van der Waals surface area contributed by atoms with Crippen molar-refractivity contribution >= 4 is 0 Å². The van der Waals surface area contributed by atoms with Gasteiger partial charge in [0.1, 0.15) is 17.6 Å². The smallest absolute Gasteiger partial charge is 0.125 e. The molecule has 0 radical (unpaired) electrons. The highest BCUT2D eigenvalue weighted by molar-refractivity contribution is 5.49. The van der Waals surface area contributed by atoms with Gasteiger partial charge in [-0.1, -0.05) is 6.08 Å². The molecule has 1 aromatic carbocycles. The summed E-state index contributed by atoms with van der Waals surface area (Å²) in [5.74, 6) is 1.01. The lowest BCUT2D eigenvalue weighted by Gasteiger charge is -2.17. The molecule has 1 aromatic rings. The van der Waals surface area contributed by atoms with Crippen molar-refractivity contribution in [3.05, 3.63) is 35.9 Å². The summed E-state index contributed by atoms with van der Waals surface area (Å²) < 4.78 is 10.4. The minimum absolute atomic E-state index is 0.495. The molecular weight excluding hydrogens is 220 g/mol. The highest BCUT2D eigenvalue weighted by Gasteiger charge is 2.17. The average molecular weight is 238 g/mol. The van der Waals surface area contributed by atoms with E-state index in [2.05, 4.69) is 6.58 Å². The largest absolute Gasteiger partial charge is 0.496 e. The van der Waals surface area contributed by atoms with E-state index < -0.39 is 12.2 Å². The summed E-state index contributed by atoms with van der Waals surface area (Å²) in [5, 5.41) is 19.4. The van der Waals surface area contributed by atoms with Crippen LogP contribution in [0.25, 0.3) is 0 Å². The number of benzene rings is 1. The minimum Gasteiger partial charge on any atom is -0.496 e. The fourth-order valence-electron chi connectivity index (χ4n) is 1.63. The molecule has 17 heavy (non-hydrogen) atoms. The van der Waals surface area contributed by atoms with Crippen molar-refractivity contribution in [2.75, 3.05) is 14.2 Å². The molecule has 0 amide bonds. The van der Waals surface area contributed by atoms with Gasteiger partial charge >= 0.3 is 0 Å². The van der Waals surface area contributed by atoms with Gasteiger partial charge in [-0.15, -0.1) is 6.58 Å². The molecule has 4 heteroatoms. The molecule has 0 bridgehead atoms. The maximum atomic E-state index is 9.77. The van der Waals surface area contributed by atoms with Crippen LogP contribution in [-0.4, -0.2) is 24.4 Å². The van der Waals surface area contributed by atoms with Crippen molar-refractivity contribution in [2.24, 2.45) is 0 Å². The quantitative estimate of drug-likeness (QED) is 0.770. The van der Waals surface area contributed by atoms with Crippen LogP contribution in [0.4, 0.5) is 0 Å². The van der Waals surface area contributed by atoms with E-state index in [0.29, 0.717) is 22.6 Å². The van der Waals surface area contributed by atoms with Gasteiger partial charge < -0.3 is 19.7 Å². The van der Waals surface area contributed by atoms with Gasteiger partial charge in [-0.25, -0.2) is 0 Å². The van der Waals surface area contributed by atoms with E-state index in [1.54, 1.807) is 19.1 Å². The third-order valence-corrected chi connectivity index (χ3v) is 2.57. The van der Waals surface area contributed by atoms with Crippen molar-refractivity contribution < 1.29 is 19.7 Å². The summed E-state index contributed by atoms with van der Waals surface area (Å²) in [6, 6.07) is 3.30. The molecule has 0 saturated carbocycles. The standard InChI is InChI=1S/C13H18O4/c1-5-11(15)10-7-12(16-3)9(8(2)14)6-13(10)17-4/h5-8,11,14-15H,1H2,2-4H3. The fraction of sp³-hybridized carbons (Fsp3) is 0.385. The van der Waals surface area contributed by atoms with Crippen LogP contribution in [0.1, 0.15) is 30.3 Å². The van der Waals surface area contributed by atoms with Crippen LogP contribution in [0.3, 0.4) is 0 Å². The summed E-state index contributed by atoms with van der Waals surface area (Å²) in [5.41, 5.74) is 1.17. The zero-order valence-corrected chi connectivity index (χ0v) is 10.3. The van der Waals surface area contributed by atoms with Gasteiger partial charge in [0, 0.05) is 11.1 Å². The summed E-state index contributed by atoms with van der Waals surface area (Å²) in [7, 11) is 3.02. The Kier molecular flexibility index (Phi) is 4.54. The molecule has 2 unspecified atom stereocenters. The Morgan fingerprint density at radius 1 is 1.12 bits per heavy atom. The van der Waals surface area contributed by atoms with Crippen LogP contribution in [-0.2, 0) is 0 Å². The highest BCUT2D eigenvalue weighted by Crippen LogP contribution is 2.35. The second kappa shape index (κ2) is 5.70. The number of hydrogen-bond donors (Lipinski definition) is 2. The molecule has 0 spiro atoms. The first-order valence-corrected chi connectivity index (χ1v) is 5.29. The molecule has 0 heterocycles. The predicted octanol–water partition coefficient (Wildman–Crippen LogP) is 1.98. The van der Waals surface area contributed by atoms with Crippen molar-refractivity contribution in [1.82, 2.24) is 0 Å². The number of aliphatic hydroxyl groups excluding tert-OH is 2. The van der Waals surface area contributed by atoms with Crippen molar-refractivity contribution in [2.45, 2.75) is 19.1 Å². The number of ether oxygens (including phenoxy) is 2. The van der Waals surface area contributed by atoms with Gasteiger partial charge in [-0.3, -0.25) is 0 Å². The summed E-state index contributed by atoms with van der Waals surface area (Å²) >= 11 is 0. The minimum atomic E-state index is -0.832. The van der Waals surface area contributed by atoms with Gasteiger partial charge in [0.15, 0.2) is 0 Å². The molecule has 0 aromatic heterocycles. The van der Waals surface area contributed by atoms with Crippen LogP contribution >= 0.6 is 0 Å². The lowest BCUT2D eigenvalue weighted by atomic mass is 10.0. The van der Waals surface area contributed by atoms with Crippen LogP contribution in [0, 0.1) is 0 Å². The van der Waals surface area contributed by atoms with Gasteiger partial charge in [0.2, 0.25) is 0 Å². The molecule has 94 valence electrons. The Labute approximate surface area is 101 Å². The zero-order valence-electron chi connectivity index (χ0n) is 10.3. The van der Waals surface area contributed by atoms with E-state index in [0.717, 1.165) is 0 Å². The average Bonchev–Trinajstić information content (AvgIpc) is 2.35. The summed E-state index contributed by atoms with van der Waals surface area (Å²) in [4.78, 5) is 0. The van der Waals surface area contributed by atoms with Gasteiger partial charge in [-0.2, -0.15) is 0 Å². The Morgan fingerprint density at radius 3 is 2.00 bits per heavy atom.